The van der Waals surface area contributed by atoms with Gasteiger partial charge in [-0.15, -0.1) is 0 Å². The normalized spacial score (nSPS) is 11.3. The molecule has 6 nitrogen and oxygen atoms in total. The van der Waals surface area contributed by atoms with Crippen molar-refractivity contribution in [3.63, 3.8) is 0 Å². The molecule has 0 aliphatic carbocycles. The van der Waals surface area contributed by atoms with E-state index in [1.54, 1.807) is 18.2 Å². The molecule has 1 aromatic heterocycles. The number of pyridine rings is 1. The Bertz CT molecular complexity index is 760. The van der Waals surface area contributed by atoms with Crippen LogP contribution in [0.15, 0.2) is 52.0 Å². The van der Waals surface area contributed by atoms with Gasteiger partial charge in [-0.3, -0.25) is 0 Å². The average Bonchev–Trinajstić information content (AvgIpc) is 2.46. The fourth-order valence-corrected chi connectivity index (χ4v) is 3.59. The molecular weight excluding hydrogens is 360 g/mol. The van der Waals surface area contributed by atoms with Crippen LogP contribution in [0.4, 0.5) is 0 Å². The van der Waals surface area contributed by atoms with Crippen LogP contribution in [0.3, 0.4) is 0 Å². The number of aromatic carboxylic acids is 1. The first-order valence-electron chi connectivity index (χ1n) is 5.82. The number of carbonyl (C=O) groups is 1. The second kappa shape index (κ2) is 6.33. The zero-order chi connectivity index (χ0) is 15.5. The molecule has 21 heavy (non-hydrogen) atoms. The Kier molecular flexibility index (Phi) is 4.71. The Morgan fingerprint density at radius 1 is 1.24 bits per heavy atom. The lowest BCUT2D eigenvalue weighted by molar-refractivity contribution is 0.0690. The van der Waals surface area contributed by atoms with Gasteiger partial charge in [0.1, 0.15) is 5.69 Å². The van der Waals surface area contributed by atoms with Crippen LogP contribution >= 0.6 is 15.9 Å². The first-order valence-corrected chi connectivity index (χ1v) is 8.10. The summed E-state index contributed by atoms with van der Waals surface area (Å²) in [5, 5.41) is 8.73. The summed E-state index contributed by atoms with van der Waals surface area (Å²) < 4.78 is 27.2. The zero-order valence-electron chi connectivity index (χ0n) is 10.7. The molecule has 2 rings (SSSR count). The summed E-state index contributed by atoms with van der Waals surface area (Å²) in [7, 11) is -3.66. The quantitative estimate of drug-likeness (QED) is 0.838. The van der Waals surface area contributed by atoms with Gasteiger partial charge in [0, 0.05) is 17.2 Å². The number of hydrogen-bond donors (Lipinski definition) is 2. The van der Waals surface area contributed by atoms with Crippen LogP contribution in [0.25, 0.3) is 0 Å². The maximum absolute atomic E-state index is 12.1. The molecule has 1 heterocycles. The molecule has 0 amide bonds. The van der Waals surface area contributed by atoms with E-state index < -0.39 is 16.0 Å². The van der Waals surface area contributed by atoms with Crippen molar-refractivity contribution >= 4 is 31.9 Å². The minimum atomic E-state index is -3.66. The van der Waals surface area contributed by atoms with Crippen molar-refractivity contribution in [2.24, 2.45) is 0 Å². The summed E-state index contributed by atoms with van der Waals surface area (Å²) >= 11 is 3.19. The van der Waals surface area contributed by atoms with E-state index in [1.807, 2.05) is 0 Å². The van der Waals surface area contributed by atoms with E-state index >= 15 is 0 Å². The lowest BCUT2D eigenvalue weighted by atomic mass is 10.2. The number of halogens is 1. The second-order valence-electron chi connectivity index (χ2n) is 4.11. The highest BCUT2D eigenvalue weighted by Gasteiger charge is 2.16. The summed E-state index contributed by atoms with van der Waals surface area (Å²) in [6.07, 6.45) is 1.33. The first-order chi connectivity index (χ1) is 9.90. The van der Waals surface area contributed by atoms with E-state index in [4.69, 9.17) is 5.11 Å². The molecule has 0 unspecified atom stereocenters. The van der Waals surface area contributed by atoms with E-state index in [0.717, 1.165) is 0 Å². The maximum atomic E-state index is 12.1. The Labute approximate surface area is 130 Å². The van der Waals surface area contributed by atoms with Crippen molar-refractivity contribution in [2.75, 3.05) is 0 Å². The monoisotopic (exact) mass is 370 g/mol. The van der Waals surface area contributed by atoms with Gasteiger partial charge in [0.15, 0.2) is 0 Å². The molecule has 2 aromatic rings. The fourth-order valence-electron chi connectivity index (χ4n) is 1.57. The number of benzene rings is 1. The highest BCUT2D eigenvalue weighted by Crippen LogP contribution is 2.21. The van der Waals surface area contributed by atoms with Gasteiger partial charge in [-0.2, -0.15) is 0 Å². The Morgan fingerprint density at radius 2 is 1.95 bits per heavy atom. The minimum Gasteiger partial charge on any atom is -0.477 e. The smallest absolute Gasteiger partial charge is 0.354 e. The molecule has 0 saturated heterocycles. The summed E-state index contributed by atoms with van der Waals surface area (Å²) in [6.45, 7) is 0.0244. The molecule has 0 radical (unpaired) electrons. The molecule has 110 valence electrons. The number of hydrogen-bond acceptors (Lipinski definition) is 4. The van der Waals surface area contributed by atoms with Gasteiger partial charge in [-0.1, -0.05) is 18.2 Å². The SMILES string of the molecule is O=C(O)c1ccc(CNS(=O)(=O)c2ccccc2Br)cn1. The molecule has 0 saturated carbocycles. The Morgan fingerprint density at radius 3 is 2.52 bits per heavy atom. The van der Waals surface area contributed by atoms with Crippen LogP contribution in [0.5, 0.6) is 0 Å². The fraction of sp³-hybridized carbons (Fsp3) is 0.0769. The van der Waals surface area contributed by atoms with E-state index in [2.05, 4.69) is 25.6 Å². The predicted octanol–water partition coefficient (Wildman–Crippen LogP) is 2.02. The largest absolute Gasteiger partial charge is 0.477 e. The van der Waals surface area contributed by atoms with Crippen LogP contribution in [0.2, 0.25) is 0 Å². The van der Waals surface area contributed by atoms with E-state index in [0.29, 0.717) is 10.0 Å². The predicted molar refractivity (Wildman–Crippen MR) is 79.4 cm³/mol. The average molecular weight is 371 g/mol. The molecule has 0 atom stereocenters. The topological polar surface area (TPSA) is 96.4 Å². The lowest BCUT2D eigenvalue weighted by Gasteiger charge is -2.08. The number of sulfonamides is 1. The van der Waals surface area contributed by atoms with Gasteiger partial charge in [-0.25, -0.2) is 22.9 Å². The number of rotatable bonds is 5. The van der Waals surface area contributed by atoms with Crippen LogP contribution in [0, 0.1) is 0 Å². The molecule has 8 heteroatoms. The second-order valence-corrected chi connectivity index (χ2v) is 6.70. The van der Waals surface area contributed by atoms with Crippen molar-refractivity contribution in [3.8, 4) is 0 Å². The molecule has 2 N–H and O–H groups in total. The number of nitrogens with zero attached hydrogens (tertiary/aromatic N) is 1. The Hall–Kier alpha value is -1.77. The van der Waals surface area contributed by atoms with Gasteiger partial charge < -0.3 is 5.11 Å². The number of nitrogens with one attached hydrogen (secondary N) is 1. The van der Waals surface area contributed by atoms with Crippen molar-refractivity contribution in [3.05, 3.63) is 58.3 Å². The number of aromatic nitrogens is 1. The molecule has 0 aliphatic rings. The molecule has 1 aromatic carbocycles. The molecule has 0 aliphatic heterocycles. The van der Waals surface area contributed by atoms with Crippen LogP contribution in [-0.4, -0.2) is 24.5 Å². The highest BCUT2D eigenvalue weighted by atomic mass is 79.9. The lowest BCUT2D eigenvalue weighted by Crippen LogP contribution is -2.23. The zero-order valence-corrected chi connectivity index (χ0v) is 13.1. The van der Waals surface area contributed by atoms with Crippen molar-refractivity contribution in [1.82, 2.24) is 9.71 Å². The van der Waals surface area contributed by atoms with E-state index in [1.165, 1.54) is 24.4 Å². The van der Waals surface area contributed by atoms with Gasteiger partial charge in [0.05, 0.1) is 4.90 Å². The highest BCUT2D eigenvalue weighted by molar-refractivity contribution is 9.10. The molecule has 0 fully saturated rings. The van der Waals surface area contributed by atoms with Crippen molar-refractivity contribution in [1.29, 1.82) is 0 Å². The number of carboxylic acid groups (broad SMARTS) is 1. The van der Waals surface area contributed by atoms with Crippen LogP contribution in [0.1, 0.15) is 16.1 Å². The Balaban J connectivity index is 2.12. The third-order valence-corrected chi connectivity index (χ3v) is 5.05. The van der Waals surface area contributed by atoms with Gasteiger partial charge >= 0.3 is 5.97 Å². The van der Waals surface area contributed by atoms with Crippen molar-refractivity contribution in [2.45, 2.75) is 11.4 Å². The van der Waals surface area contributed by atoms with E-state index in [-0.39, 0.29) is 17.1 Å². The summed E-state index contributed by atoms with van der Waals surface area (Å²) in [5.74, 6) is -1.13. The molecule has 0 bridgehead atoms. The third kappa shape index (κ3) is 3.87. The number of carboxylic acids is 1. The standard InChI is InChI=1S/C13H11BrN2O4S/c14-10-3-1-2-4-12(10)21(19,20)16-8-9-5-6-11(13(17)18)15-7-9/h1-7,16H,8H2,(H,17,18). The van der Waals surface area contributed by atoms with Gasteiger partial charge in [-0.05, 0) is 39.7 Å². The van der Waals surface area contributed by atoms with Crippen LogP contribution in [-0.2, 0) is 16.6 Å². The van der Waals surface area contributed by atoms with Crippen LogP contribution < -0.4 is 4.72 Å². The minimum absolute atomic E-state index is 0.0244. The summed E-state index contributed by atoms with van der Waals surface area (Å²) in [4.78, 5) is 14.5. The van der Waals surface area contributed by atoms with Crippen molar-refractivity contribution < 1.29 is 18.3 Å². The maximum Gasteiger partial charge on any atom is 0.354 e. The van der Waals surface area contributed by atoms with E-state index in [9.17, 15) is 13.2 Å². The molecule has 0 spiro atoms. The third-order valence-electron chi connectivity index (χ3n) is 2.64. The summed E-state index contributed by atoms with van der Waals surface area (Å²) in [5.41, 5.74) is 0.475. The van der Waals surface area contributed by atoms with Gasteiger partial charge in [0.25, 0.3) is 0 Å². The molecular formula is C13H11BrN2O4S. The summed E-state index contributed by atoms with van der Waals surface area (Å²) in [6, 6.07) is 9.31. The van der Waals surface area contributed by atoms with Gasteiger partial charge in [0.2, 0.25) is 10.0 Å². The first kappa shape index (κ1) is 15.6.